The third-order valence-electron chi connectivity index (χ3n) is 2.87. The Bertz CT molecular complexity index is 512. The molecule has 0 amide bonds. The summed E-state index contributed by atoms with van der Waals surface area (Å²) in [5.74, 6) is 0.504. The number of nitrogens with one attached hydrogen (secondary N) is 1. The van der Waals surface area contributed by atoms with Crippen LogP contribution in [0.15, 0.2) is 28.8 Å². The summed E-state index contributed by atoms with van der Waals surface area (Å²) in [7, 11) is 1.91. The molecule has 1 atom stereocenters. The number of aryl methyl sites for hydroxylation is 1. The number of nitrogens with zero attached hydrogens (tertiary/aromatic N) is 2. The Kier molecular flexibility index (Phi) is 4.04. The van der Waals surface area contributed by atoms with Gasteiger partial charge < -0.3 is 9.84 Å². The summed E-state index contributed by atoms with van der Waals surface area (Å²) in [5.41, 5.74) is 0.370. The van der Waals surface area contributed by atoms with Gasteiger partial charge in [-0.15, -0.1) is 0 Å². The second-order valence-electron chi connectivity index (χ2n) is 4.22. The number of rotatable bonds is 5. The molecule has 1 unspecified atom stereocenters. The van der Waals surface area contributed by atoms with Gasteiger partial charge >= 0.3 is 0 Å². The summed E-state index contributed by atoms with van der Waals surface area (Å²) in [6.07, 6.45) is 1.58. The fraction of sp³-hybridized carbons (Fsp3) is 0.385. The van der Waals surface area contributed by atoms with Crippen LogP contribution in [0.3, 0.4) is 0 Å². The van der Waals surface area contributed by atoms with E-state index in [-0.39, 0.29) is 5.82 Å². The van der Waals surface area contributed by atoms with E-state index in [0.717, 1.165) is 6.42 Å². The van der Waals surface area contributed by atoms with Crippen molar-refractivity contribution in [3.05, 3.63) is 36.0 Å². The van der Waals surface area contributed by atoms with Crippen molar-refractivity contribution in [1.29, 1.82) is 0 Å². The number of halogens is 1. The molecule has 4 nitrogen and oxygen atoms in total. The highest BCUT2D eigenvalue weighted by atomic mass is 19.1. The average Bonchev–Trinajstić information content (AvgIpc) is 2.85. The van der Waals surface area contributed by atoms with Crippen LogP contribution in [-0.2, 0) is 6.42 Å². The lowest BCUT2D eigenvalue weighted by molar-refractivity contribution is 0.369. The van der Waals surface area contributed by atoms with Gasteiger partial charge in [-0.1, -0.05) is 17.3 Å². The maximum atomic E-state index is 13.5. The van der Waals surface area contributed by atoms with Crippen LogP contribution in [0, 0.1) is 5.82 Å². The summed E-state index contributed by atoms with van der Waals surface area (Å²) < 4.78 is 18.6. The summed E-state index contributed by atoms with van der Waals surface area (Å²) in [6, 6.07) is 6.79. The van der Waals surface area contributed by atoms with E-state index in [4.69, 9.17) is 4.52 Å². The maximum absolute atomic E-state index is 13.5. The van der Waals surface area contributed by atoms with Crippen LogP contribution in [0.5, 0.6) is 0 Å². The molecular weight excluding hydrogens is 233 g/mol. The number of hydrogen-bond donors (Lipinski definition) is 1. The monoisotopic (exact) mass is 249 g/mol. The molecule has 0 spiro atoms. The normalized spacial score (nSPS) is 12.6. The minimum absolute atomic E-state index is 0.306. The number of aromatic nitrogens is 2. The molecule has 5 heteroatoms. The zero-order chi connectivity index (χ0) is 13.0. The molecule has 0 saturated carbocycles. The molecule has 1 aromatic heterocycles. The van der Waals surface area contributed by atoms with E-state index in [1.165, 1.54) is 6.07 Å². The molecule has 1 heterocycles. The van der Waals surface area contributed by atoms with Crippen molar-refractivity contribution in [2.75, 3.05) is 7.05 Å². The molecule has 18 heavy (non-hydrogen) atoms. The third kappa shape index (κ3) is 2.92. The topological polar surface area (TPSA) is 51.0 Å². The highest BCUT2D eigenvalue weighted by Gasteiger charge is 2.12. The average molecular weight is 249 g/mol. The van der Waals surface area contributed by atoms with Crippen LogP contribution in [0.1, 0.15) is 19.2 Å². The first-order valence-electron chi connectivity index (χ1n) is 5.95. The van der Waals surface area contributed by atoms with Gasteiger partial charge in [0.15, 0.2) is 0 Å². The Morgan fingerprint density at radius 3 is 2.89 bits per heavy atom. The van der Waals surface area contributed by atoms with Crippen LogP contribution in [0.2, 0.25) is 0 Å². The highest BCUT2D eigenvalue weighted by molar-refractivity contribution is 5.54. The molecule has 0 bridgehead atoms. The second kappa shape index (κ2) is 5.73. The molecule has 1 aromatic carbocycles. The first kappa shape index (κ1) is 12.7. The van der Waals surface area contributed by atoms with Gasteiger partial charge in [0.05, 0.1) is 5.56 Å². The fourth-order valence-corrected chi connectivity index (χ4v) is 1.59. The minimum Gasteiger partial charge on any atom is -0.339 e. The predicted octanol–water partition coefficient (Wildman–Crippen LogP) is 2.42. The highest BCUT2D eigenvalue weighted by Crippen LogP contribution is 2.19. The van der Waals surface area contributed by atoms with E-state index in [9.17, 15) is 4.39 Å². The van der Waals surface area contributed by atoms with E-state index in [2.05, 4.69) is 22.4 Å². The fourth-order valence-electron chi connectivity index (χ4n) is 1.59. The van der Waals surface area contributed by atoms with Crippen LogP contribution >= 0.6 is 0 Å². The van der Waals surface area contributed by atoms with Crippen molar-refractivity contribution < 1.29 is 8.91 Å². The van der Waals surface area contributed by atoms with Gasteiger partial charge in [0.1, 0.15) is 5.82 Å². The van der Waals surface area contributed by atoms with Crippen LogP contribution in [0.25, 0.3) is 11.4 Å². The van der Waals surface area contributed by atoms with E-state index in [1.54, 1.807) is 18.2 Å². The Labute approximate surface area is 105 Å². The summed E-state index contributed by atoms with van der Waals surface area (Å²) in [4.78, 5) is 4.20. The van der Waals surface area contributed by atoms with Crippen molar-refractivity contribution in [3.63, 3.8) is 0 Å². The van der Waals surface area contributed by atoms with Crippen LogP contribution < -0.4 is 5.32 Å². The summed E-state index contributed by atoms with van der Waals surface area (Å²) >= 11 is 0. The van der Waals surface area contributed by atoms with E-state index in [0.29, 0.717) is 29.7 Å². The van der Waals surface area contributed by atoms with Gasteiger partial charge in [0.2, 0.25) is 11.7 Å². The molecule has 2 aromatic rings. The Morgan fingerprint density at radius 2 is 2.17 bits per heavy atom. The first-order chi connectivity index (χ1) is 8.70. The molecule has 0 saturated heterocycles. The van der Waals surface area contributed by atoms with Gasteiger partial charge in [0, 0.05) is 12.5 Å². The molecule has 0 fully saturated rings. The van der Waals surface area contributed by atoms with Gasteiger partial charge in [0.25, 0.3) is 0 Å². The van der Waals surface area contributed by atoms with E-state index in [1.807, 2.05) is 7.05 Å². The Balaban J connectivity index is 2.09. The van der Waals surface area contributed by atoms with Crippen molar-refractivity contribution in [3.8, 4) is 11.4 Å². The van der Waals surface area contributed by atoms with Gasteiger partial charge in [-0.25, -0.2) is 4.39 Å². The smallest absolute Gasteiger partial charge is 0.227 e. The van der Waals surface area contributed by atoms with Gasteiger partial charge in [-0.05, 0) is 32.5 Å². The Morgan fingerprint density at radius 1 is 1.39 bits per heavy atom. The van der Waals surface area contributed by atoms with Gasteiger partial charge in [-0.3, -0.25) is 0 Å². The molecular formula is C13H16FN3O. The van der Waals surface area contributed by atoms with Crippen molar-refractivity contribution in [2.45, 2.75) is 25.8 Å². The third-order valence-corrected chi connectivity index (χ3v) is 2.87. The molecule has 2 rings (SSSR count). The molecule has 0 aliphatic heterocycles. The lowest BCUT2D eigenvalue weighted by Crippen LogP contribution is -2.21. The van der Waals surface area contributed by atoms with Gasteiger partial charge in [-0.2, -0.15) is 4.98 Å². The molecule has 0 aliphatic carbocycles. The summed E-state index contributed by atoms with van der Waals surface area (Å²) in [5, 5.41) is 6.94. The van der Waals surface area contributed by atoms with Crippen LogP contribution in [0.4, 0.5) is 4.39 Å². The minimum atomic E-state index is -0.339. The van der Waals surface area contributed by atoms with Crippen LogP contribution in [-0.4, -0.2) is 23.2 Å². The number of hydrogen-bond acceptors (Lipinski definition) is 4. The van der Waals surface area contributed by atoms with Crippen molar-refractivity contribution in [1.82, 2.24) is 15.5 Å². The zero-order valence-corrected chi connectivity index (χ0v) is 10.5. The largest absolute Gasteiger partial charge is 0.339 e. The number of benzene rings is 1. The van der Waals surface area contributed by atoms with Crippen molar-refractivity contribution in [2.24, 2.45) is 0 Å². The lowest BCUT2D eigenvalue weighted by atomic mass is 10.2. The quantitative estimate of drug-likeness (QED) is 0.884. The SMILES string of the molecule is CNC(C)CCc1nc(-c2ccccc2F)no1. The Hall–Kier alpha value is -1.75. The standard InChI is InChI=1S/C13H16FN3O/c1-9(15-2)7-8-12-16-13(17-18-12)10-5-3-4-6-11(10)14/h3-6,9,15H,7-8H2,1-2H3. The van der Waals surface area contributed by atoms with E-state index < -0.39 is 0 Å². The molecule has 96 valence electrons. The molecule has 0 radical (unpaired) electrons. The predicted molar refractivity (Wildman–Crippen MR) is 66.5 cm³/mol. The second-order valence-corrected chi connectivity index (χ2v) is 4.22. The zero-order valence-electron chi connectivity index (χ0n) is 10.5. The summed E-state index contributed by atoms with van der Waals surface area (Å²) in [6.45, 7) is 2.08. The first-order valence-corrected chi connectivity index (χ1v) is 5.95. The lowest BCUT2D eigenvalue weighted by Gasteiger charge is -2.06. The van der Waals surface area contributed by atoms with Crippen molar-refractivity contribution >= 4 is 0 Å². The maximum Gasteiger partial charge on any atom is 0.227 e. The molecule has 0 aliphatic rings. The molecule has 1 N–H and O–H groups in total. The van der Waals surface area contributed by atoms with E-state index >= 15 is 0 Å².